The molecule has 0 saturated carbocycles. The molecule has 0 bridgehead atoms. The molecule has 0 heterocycles. The van der Waals surface area contributed by atoms with Crippen LogP contribution in [0.25, 0.3) is 0 Å². The zero-order valence-corrected chi connectivity index (χ0v) is 16.5. The minimum absolute atomic E-state index is 0. The number of rotatable bonds is 4. The first-order valence-corrected chi connectivity index (χ1v) is 9.92. The Balaban J connectivity index is 0.000000403. The normalized spacial score (nSPS) is 11.0. The Labute approximate surface area is 157 Å². The van der Waals surface area contributed by atoms with Crippen molar-refractivity contribution in [3.63, 3.8) is 0 Å². The molecular formula is C14H18NaO6P2. The average Bonchev–Trinajstić information content (AvgIpc) is 2.38. The van der Waals surface area contributed by atoms with Gasteiger partial charge in [0.2, 0.25) is 0 Å². The average molecular weight is 367 g/mol. The van der Waals surface area contributed by atoms with Gasteiger partial charge in [0.25, 0.3) is 0 Å². The molecule has 4 N–H and O–H groups in total. The van der Waals surface area contributed by atoms with E-state index in [2.05, 4.69) is 0 Å². The zero-order chi connectivity index (χ0) is 16.6. The SMILES string of the molecule is O=P(O)(O)Cc1ccccc1.O=P(O)(O)Cc1ccccc1.[Na]. The Hall–Kier alpha value is -0.260. The van der Waals surface area contributed by atoms with E-state index in [-0.39, 0.29) is 41.9 Å². The van der Waals surface area contributed by atoms with E-state index in [1.807, 2.05) is 12.1 Å². The van der Waals surface area contributed by atoms with Crippen LogP contribution >= 0.6 is 15.2 Å². The summed E-state index contributed by atoms with van der Waals surface area (Å²) in [7, 11) is -7.78. The summed E-state index contributed by atoms with van der Waals surface area (Å²) in [5, 5.41) is 0. The first kappa shape index (κ1) is 22.7. The topological polar surface area (TPSA) is 115 Å². The van der Waals surface area contributed by atoms with Crippen LogP contribution in [0.15, 0.2) is 60.7 Å². The third kappa shape index (κ3) is 12.8. The summed E-state index contributed by atoms with van der Waals surface area (Å²) in [6, 6.07) is 17.4. The van der Waals surface area contributed by atoms with E-state index in [1.54, 1.807) is 48.5 Å². The molecular weight excluding hydrogens is 349 g/mol. The molecule has 0 amide bonds. The Morgan fingerprint density at radius 3 is 1.09 bits per heavy atom. The van der Waals surface area contributed by atoms with Gasteiger partial charge >= 0.3 is 15.2 Å². The third-order valence-electron chi connectivity index (χ3n) is 2.46. The monoisotopic (exact) mass is 367 g/mol. The molecule has 0 aromatic heterocycles. The summed E-state index contributed by atoms with van der Waals surface area (Å²) in [5.41, 5.74) is 1.33. The van der Waals surface area contributed by atoms with Crippen molar-refractivity contribution in [3.8, 4) is 0 Å². The van der Waals surface area contributed by atoms with E-state index in [0.717, 1.165) is 0 Å². The molecule has 0 atom stereocenters. The van der Waals surface area contributed by atoms with Crippen molar-refractivity contribution in [2.75, 3.05) is 0 Å². The summed E-state index contributed by atoms with van der Waals surface area (Å²) in [6.45, 7) is 0. The first-order valence-electron chi connectivity index (χ1n) is 6.33. The van der Waals surface area contributed by atoms with Crippen LogP contribution in [-0.2, 0) is 21.5 Å². The Morgan fingerprint density at radius 2 is 0.870 bits per heavy atom. The molecule has 0 saturated heterocycles. The zero-order valence-electron chi connectivity index (χ0n) is 12.7. The quantitative estimate of drug-likeness (QED) is 0.487. The summed E-state index contributed by atoms with van der Waals surface area (Å²) in [4.78, 5) is 34.3. The number of benzene rings is 2. The minimum Gasteiger partial charge on any atom is -0.324 e. The largest absolute Gasteiger partial charge is 0.329 e. The molecule has 1 radical (unpaired) electrons. The molecule has 2 aromatic carbocycles. The Bertz CT molecular complexity index is 594. The fourth-order valence-corrected chi connectivity index (χ4v) is 3.02. The van der Waals surface area contributed by atoms with Crippen LogP contribution in [0.5, 0.6) is 0 Å². The first-order chi connectivity index (χ1) is 10.2. The van der Waals surface area contributed by atoms with Crippen LogP contribution in [0.1, 0.15) is 11.1 Å². The molecule has 0 aliphatic heterocycles. The van der Waals surface area contributed by atoms with Crippen molar-refractivity contribution in [2.45, 2.75) is 12.3 Å². The van der Waals surface area contributed by atoms with Crippen molar-refractivity contribution in [1.82, 2.24) is 0 Å². The van der Waals surface area contributed by atoms with E-state index in [4.69, 9.17) is 19.6 Å². The predicted octanol–water partition coefficient (Wildman–Crippen LogP) is 2.35. The van der Waals surface area contributed by atoms with Gasteiger partial charge in [-0.05, 0) is 11.1 Å². The molecule has 0 aliphatic rings. The Morgan fingerprint density at radius 1 is 0.609 bits per heavy atom. The van der Waals surface area contributed by atoms with E-state index < -0.39 is 15.2 Å². The second-order valence-corrected chi connectivity index (χ2v) is 7.91. The van der Waals surface area contributed by atoms with Crippen molar-refractivity contribution >= 4 is 44.7 Å². The van der Waals surface area contributed by atoms with Gasteiger partial charge in [-0.25, -0.2) is 0 Å². The van der Waals surface area contributed by atoms with Crippen molar-refractivity contribution in [3.05, 3.63) is 71.8 Å². The van der Waals surface area contributed by atoms with Gasteiger partial charge in [-0.2, -0.15) is 0 Å². The summed E-state index contributed by atoms with van der Waals surface area (Å²) >= 11 is 0. The van der Waals surface area contributed by atoms with Gasteiger partial charge in [-0.3, -0.25) is 9.13 Å². The van der Waals surface area contributed by atoms with Crippen molar-refractivity contribution in [2.24, 2.45) is 0 Å². The van der Waals surface area contributed by atoms with Crippen LogP contribution in [0, 0.1) is 0 Å². The Kier molecular flexibility index (Phi) is 10.5. The standard InChI is InChI=1S/2C7H9O3P.Na/c2*8-11(9,10)6-7-4-2-1-3-5-7;/h2*1-5H,6H2,(H2,8,9,10);. The third-order valence-corrected chi connectivity index (χ3v) is 4.02. The number of hydrogen-bond acceptors (Lipinski definition) is 2. The van der Waals surface area contributed by atoms with Gasteiger partial charge in [-0.1, -0.05) is 60.7 Å². The summed E-state index contributed by atoms with van der Waals surface area (Å²) in [6.07, 6.45) is -0.346. The van der Waals surface area contributed by atoms with Gasteiger partial charge in [0.1, 0.15) is 0 Å². The predicted molar refractivity (Wildman–Crippen MR) is 90.1 cm³/mol. The molecule has 0 unspecified atom stereocenters. The van der Waals surface area contributed by atoms with Crippen LogP contribution in [0.4, 0.5) is 0 Å². The van der Waals surface area contributed by atoms with Crippen LogP contribution < -0.4 is 0 Å². The molecule has 23 heavy (non-hydrogen) atoms. The number of hydrogen-bond donors (Lipinski definition) is 4. The maximum absolute atomic E-state index is 10.5. The molecule has 121 valence electrons. The minimum atomic E-state index is -3.89. The fourth-order valence-electron chi connectivity index (χ4n) is 1.64. The van der Waals surface area contributed by atoms with Gasteiger partial charge in [0, 0.05) is 29.6 Å². The van der Waals surface area contributed by atoms with Crippen molar-refractivity contribution in [1.29, 1.82) is 0 Å². The second-order valence-electron chi connectivity index (χ2n) is 4.62. The molecule has 0 aliphatic carbocycles. The van der Waals surface area contributed by atoms with Gasteiger partial charge in [0.05, 0.1) is 12.3 Å². The smallest absolute Gasteiger partial charge is 0.324 e. The van der Waals surface area contributed by atoms with Gasteiger partial charge in [0.15, 0.2) is 0 Å². The van der Waals surface area contributed by atoms with E-state index >= 15 is 0 Å². The fraction of sp³-hybridized carbons (Fsp3) is 0.143. The molecule has 2 aromatic rings. The van der Waals surface area contributed by atoms with Crippen LogP contribution in [0.3, 0.4) is 0 Å². The van der Waals surface area contributed by atoms with Crippen LogP contribution in [0.2, 0.25) is 0 Å². The molecule has 0 spiro atoms. The molecule has 9 heteroatoms. The van der Waals surface area contributed by atoms with Gasteiger partial charge in [-0.15, -0.1) is 0 Å². The summed E-state index contributed by atoms with van der Waals surface area (Å²) in [5.74, 6) is 0. The van der Waals surface area contributed by atoms with E-state index in [1.165, 1.54) is 0 Å². The maximum atomic E-state index is 10.5. The van der Waals surface area contributed by atoms with Crippen LogP contribution in [-0.4, -0.2) is 49.1 Å². The maximum Gasteiger partial charge on any atom is 0.329 e. The van der Waals surface area contributed by atoms with E-state index in [0.29, 0.717) is 11.1 Å². The molecule has 6 nitrogen and oxygen atoms in total. The molecule has 2 rings (SSSR count). The van der Waals surface area contributed by atoms with Gasteiger partial charge < -0.3 is 19.6 Å². The second kappa shape index (κ2) is 10.6. The van der Waals surface area contributed by atoms with Crippen molar-refractivity contribution < 1.29 is 28.7 Å². The molecule has 0 fully saturated rings. The van der Waals surface area contributed by atoms with E-state index in [9.17, 15) is 9.13 Å². The summed E-state index contributed by atoms with van der Waals surface area (Å²) < 4.78 is 21.0.